The van der Waals surface area contributed by atoms with Crippen LogP contribution in [0.15, 0.2) is 53.0 Å². The fourth-order valence-electron chi connectivity index (χ4n) is 4.07. The highest BCUT2D eigenvalue weighted by molar-refractivity contribution is 9.10. The molecule has 0 fully saturated rings. The van der Waals surface area contributed by atoms with Crippen molar-refractivity contribution in [2.24, 2.45) is 0 Å². The molecule has 0 saturated heterocycles. The molecule has 7 heteroatoms. The predicted octanol–water partition coefficient (Wildman–Crippen LogP) is 6.11. The van der Waals surface area contributed by atoms with Crippen molar-refractivity contribution in [1.82, 2.24) is 9.47 Å². The molecular formula is C25H28BrFN2O3. The molecule has 0 bridgehead atoms. The van der Waals surface area contributed by atoms with Crippen molar-refractivity contribution in [2.75, 3.05) is 13.2 Å². The number of carbonyl (C=O) groups is 1. The molecule has 1 aromatic heterocycles. The lowest BCUT2D eigenvalue weighted by molar-refractivity contribution is 0.0223. The van der Waals surface area contributed by atoms with Crippen LogP contribution in [0, 0.1) is 0 Å². The zero-order valence-electron chi connectivity index (χ0n) is 18.6. The minimum Gasteiger partial charge on any atom is -0.490 e. The predicted molar refractivity (Wildman–Crippen MR) is 127 cm³/mol. The van der Waals surface area contributed by atoms with Gasteiger partial charge in [0.15, 0.2) is 6.17 Å². The molecule has 2 aromatic carbocycles. The van der Waals surface area contributed by atoms with Gasteiger partial charge in [-0.05, 0) is 51.1 Å². The Labute approximate surface area is 196 Å². The summed E-state index contributed by atoms with van der Waals surface area (Å²) in [7, 11) is 0. The number of para-hydroxylation sites is 1. The third kappa shape index (κ3) is 5.09. The molecule has 0 radical (unpaired) electrons. The molecule has 1 unspecified atom stereocenters. The van der Waals surface area contributed by atoms with Gasteiger partial charge in [-0.1, -0.05) is 34.1 Å². The largest absolute Gasteiger partial charge is 0.490 e. The van der Waals surface area contributed by atoms with Gasteiger partial charge in [-0.15, -0.1) is 0 Å². The third-order valence-electron chi connectivity index (χ3n) is 5.42. The lowest BCUT2D eigenvalue weighted by Crippen LogP contribution is -2.40. The van der Waals surface area contributed by atoms with Gasteiger partial charge in [0.1, 0.15) is 18.0 Å². The van der Waals surface area contributed by atoms with Crippen LogP contribution >= 0.6 is 15.9 Å². The molecule has 5 nitrogen and oxygen atoms in total. The number of aromatic nitrogens is 1. The topological polar surface area (TPSA) is 43.7 Å². The summed E-state index contributed by atoms with van der Waals surface area (Å²) in [5.74, 6) is 0.659. The number of halogens is 2. The van der Waals surface area contributed by atoms with Gasteiger partial charge in [0.25, 0.3) is 0 Å². The van der Waals surface area contributed by atoms with Crippen LogP contribution in [0.5, 0.6) is 5.75 Å². The van der Waals surface area contributed by atoms with Gasteiger partial charge in [0.2, 0.25) is 0 Å². The number of alkyl halides is 1. The number of fused-ring (bicyclic) bond motifs is 3. The van der Waals surface area contributed by atoms with Crippen molar-refractivity contribution >= 4 is 32.9 Å². The van der Waals surface area contributed by atoms with Crippen LogP contribution < -0.4 is 4.74 Å². The maximum atomic E-state index is 15.0. The molecule has 170 valence electrons. The summed E-state index contributed by atoms with van der Waals surface area (Å²) >= 11 is 3.55. The van der Waals surface area contributed by atoms with E-state index in [-0.39, 0.29) is 19.2 Å². The van der Waals surface area contributed by atoms with E-state index in [0.717, 1.165) is 26.6 Å². The number of ether oxygens (including phenoxy) is 2. The fourth-order valence-corrected chi connectivity index (χ4v) is 4.43. The first-order chi connectivity index (χ1) is 15.2. The number of rotatable bonds is 5. The van der Waals surface area contributed by atoms with E-state index in [0.29, 0.717) is 25.3 Å². The average molecular weight is 503 g/mol. The van der Waals surface area contributed by atoms with Gasteiger partial charge in [0, 0.05) is 39.6 Å². The third-order valence-corrected chi connectivity index (χ3v) is 5.92. The normalized spacial score (nSPS) is 14.8. The molecule has 0 aliphatic carbocycles. The molecule has 0 saturated carbocycles. The molecule has 2 heterocycles. The lowest BCUT2D eigenvalue weighted by Gasteiger charge is -2.31. The first-order valence-electron chi connectivity index (χ1n) is 10.8. The summed E-state index contributed by atoms with van der Waals surface area (Å²) in [6.07, 6.45) is -0.839. The Morgan fingerprint density at radius 2 is 1.94 bits per heavy atom. The number of amides is 1. The highest BCUT2D eigenvalue weighted by atomic mass is 79.9. The SMILES string of the molecule is CC(C)(C)OC(=O)N1CCc2c(c3cc(Br)ccc3n2CC(F)COc2ccccc2)C1. The summed E-state index contributed by atoms with van der Waals surface area (Å²) < 4.78 is 29.2. The quantitative estimate of drug-likeness (QED) is 0.422. The molecule has 0 N–H and O–H groups in total. The summed E-state index contributed by atoms with van der Waals surface area (Å²) in [4.78, 5) is 14.4. The zero-order chi connectivity index (χ0) is 22.9. The first-order valence-corrected chi connectivity index (χ1v) is 11.6. The molecule has 32 heavy (non-hydrogen) atoms. The van der Waals surface area contributed by atoms with E-state index in [4.69, 9.17) is 9.47 Å². The zero-order valence-corrected chi connectivity index (χ0v) is 20.2. The Morgan fingerprint density at radius 3 is 2.66 bits per heavy atom. The number of benzene rings is 2. The van der Waals surface area contributed by atoms with Crippen LogP contribution in [0.2, 0.25) is 0 Å². The second-order valence-corrected chi connectivity index (χ2v) is 9.99. The van der Waals surface area contributed by atoms with E-state index >= 15 is 0 Å². The van der Waals surface area contributed by atoms with Crippen molar-refractivity contribution in [1.29, 1.82) is 0 Å². The highest BCUT2D eigenvalue weighted by Gasteiger charge is 2.30. The molecule has 0 spiro atoms. The van der Waals surface area contributed by atoms with E-state index in [2.05, 4.69) is 15.9 Å². The number of hydrogen-bond acceptors (Lipinski definition) is 3. The standard InChI is InChI=1S/C25H28BrFN2O3/c1-25(2,3)32-24(30)28-12-11-23-21(15-28)20-13-17(26)9-10-22(20)29(23)14-18(27)16-31-19-7-5-4-6-8-19/h4-10,13,18H,11-12,14-16H2,1-3H3. The van der Waals surface area contributed by atoms with Gasteiger partial charge < -0.3 is 18.9 Å². The maximum Gasteiger partial charge on any atom is 0.410 e. The summed E-state index contributed by atoms with van der Waals surface area (Å²) in [5.41, 5.74) is 2.54. The first kappa shape index (κ1) is 22.6. The van der Waals surface area contributed by atoms with E-state index in [9.17, 15) is 9.18 Å². The Balaban J connectivity index is 1.57. The monoisotopic (exact) mass is 502 g/mol. The van der Waals surface area contributed by atoms with Crippen molar-refractivity contribution in [3.05, 3.63) is 64.3 Å². The Bertz CT molecular complexity index is 1110. The number of nitrogens with zero attached hydrogens (tertiary/aromatic N) is 2. The summed E-state index contributed by atoms with van der Waals surface area (Å²) in [5, 5.41) is 1.03. The van der Waals surface area contributed by atoms with Crippen LogP contribution in [0.3, 0.4) is 0 Å². The summed E-state index contributed by atoms with van der Waals surface area (Å²) in [6, 6.07) is 15.3. The molecular weight excluding hydrogens is 475 g/mol. The molecule has 1 atom stereocenters. The average Bonchev–Trinajstić information content (AvgIpc) is 3.04. The van der Waals surface area contributed by atoms with Crippen molar-refractivity contribution in [3.8, 4) is 5.75 Å². The van der Waals surface area contributed by atoms with Crippen LogP contribution in [0.25, 0.3) is 10.9 Å². The van der Waals surface area contributed by atoms with Crippen LogP contribution in [-0.2, 0) is 24.2 Å². The number of hydrogen-bond donors (Lipinski definition) is 0. The summed E-state index contributed by atoms with van der Waals surface area (Å²) in [6.45, 7) is 6.76. The fraction of sp³-hybridized carbons (Fsp3) is 0.400. The van der Waals surface area contributed by atoms with Crippen molar-refractivity contribution in [3.63, 3.8) is 0 Å². The number of carbonyl (C=O) groups excluding carboxylic acids is 1. The van der Waals surface area contributed by atoms with Crippen molar-refractivity contribution < 1.29 is 18.7 Å². The van der Waals surface area contributed by atoms with E-state index < -0.39 is 11.8 Å². The highest BCUT2D eigenvalue weighted by Crippen LogP contribution is 2.34. The second kappa shape index (κ2) is 9.14. The molecule has 1 amide bonds. The minimum absolute atomic E-state index is 0.0149. The minimum atomic E-state index is -1.16. The Morgan fingerprint density at radius 1 is 1.19 bits per heavy atom. The van der Waals surface area contributed by atoms with E-state index in [1.807, 2.05) is 73.9 Å². The van der Waals surface area contributed by atoms with Crippen LogP contribution in [-0.4, -0.2) is 40.5 Å². The molecule has 3 aromatic rings. The Hall–Kier alpha value is -2.54. The van der Waals surface area contributed by atoms with Gasteiger partial charge in [-0.25, -0.2) is 9.18 Å². The maximum absolute atomic E-state index is 15.0. The van der Waals surface area contributed by atoms with Gasteiger partial charge >= 0.3 is 6.09 Å². The van der Waals surface area contributed by atoms with Gasteiger partial charge in [-0.2, -0.15) is 0 Å². The Kier molecular flexibility index (Phi) is 6.47. The van der Waals surface area contributed by atoms with E-state index in [1.54, 1.807) is 4.90 Å². The van der Waals surface area contributed by atoms with Gasteiger partial charge in [0.05, 0.1) is 13.1 Å². The van der Waals surface area contributed by atoms with Gasteiger partial charge in [-0.3, -0.25) is 0 Å². The lowest BCUT2D eigenvalue weighted by atomic mass is 10.0. The van der Waals surface area contributed by atoms with Crippen LogP contribution in [0.1, 0.15) is 32.0 Å². The smallest absolute Gasteiger partial charge is 0.410 e. The van der Waals surface area contributed by atoms with E-state index in [1.165, 1.54) is 0 Å². The molecule has 1 aliphatic heterocycles. The second-order valence-electron chi connectivity index (χ2n) is 9.07. The molecule has 1 aliphatic rings. The van der Waals surface area contributed by atoms with Crippen molar-refractivity contribution in [2.45, 2.75) is 52.1 Å². The van der Waals surface area contributed by atoms with Crippen LogP contribution in [0.4, 0.5) is 9.18 Å². The molecule has 4 rings (SSSR count).